The van der Waals surface area contributed by atoms with E-state index in [1.54, 1.807) is 22.7 Å². The first-order valence-corrected chi connectivity index (χ1v) is 20.8. The molecule has 9 nitrogen and oxygen atoms in total. The highest BCUT2D eigenvalue weighted by atomic mass is 32.1. The van der Waals surface area contributed by atoms with Gasteiger partial charge in [0.15, 0.2) is 28.6 Å². The fourth-order valence-corrected chi connectivity index (χ4v) is 9.18. The summed E-state index contributed by atoms with van der Waals surface area (Å²) in [7, 11) is 0. The first-order valence-electron chi connectivity index (χ1n) is 19.2. The molecule has 0 amide bonds. The Balaban J connectivity index is 1.01. The molecule has 5 aromatic heterocycles. The summed E-state index contributed by atoms with van der Waals surface area (Å²) in [4.78, 5) is 34.9. The van der Waals surface area contributed by atoms with Gasteiger partial charge in [-0.1, -0.05) is 72.8 Å². The number of nitrogens with zero attached hydrogens (tertiary/aromatic N) is 7. The minimum absolute atomic E-state index is 0.520. The van der Waals surface area contributed by atoms with Crippen LogP contribution in [0.15, 0.2) is 173 Å². The van der Waals surface area contributed by atoms with Crippen molar-refractivity contribution in [2.45, 2.75) is 0 Å². The third-order valence-corrected chi connectivity index (χ3v) is 12.4. The second-order valence-corrected chi connectivity index (χ2v) is 16.3. The Morgan fingerprint density at radius 3 is 1.10 bits per heavy atom. The molecule has 12 aromatic rings. The van der Waals surface area contributed by atoms with Crippen LogP contribution in [0.5, 0.6) is 0 Å². The van der Waals surface area contributed by atoms with Crippen molar-refractivity contribution in [2.24, 2.45) is 0 Å². The standard InChI is InChI=1S/C49H27N7O2S2/c1-5-13-39-35(9-1)50-46(57-39)30-21-17-28(18-22-30)43-54-44(29-19-23-31(24-20-29)47-51-36-10-2-6-14-40(36)58-47)56-45(55-43)32-25-33(48-52-37-11-3-7-15-41(37)59-48)27-34(26-32)49-53-38-12-4-8-16-42(38)60-49/h1-27H. The lowest BCUT2D eigenvalue weighted by atomic mass is 10.0. The van der Waals surface area contributed by atoms with E-state index in [0.717, 1.165) is 91.6 Å². The van der Waals surface area contributed by atoms with Crippen molar-refractivity contribution < 1.29 is 8.83 Å². The summed E-state index contributed by atoms with van der Waals surface area (Å²) in [6.07, 6.45) is 0. The highest BCUT2D eigenvalue weighted by molar-refractivity contribution is 7.22. The van der Waals surface area contributed by atoms with Gasteiger partial charge in [-0.2, -0.15) is 0 Å². The molecule has 0 N–H and O–H groups in total. The molecular formula is C49H27N7O2S2. The van der Waals surface area contributed by atoms with E-state index in [0.29, 0.717) is 29.3 Å². The number of rotatable bonds is 7. The van der Waals surface area contributed by atoms with Crippen LogP contribution in [-0.2, 0) is 0 Å². The predicted octanol–water partition coefficient (Wildman–Crippen LogP) is 13.0. The van der Waals surface area contributed by atoms with E-state index in [4.69, 9.17) is 43.7 Å². The molecule has 0 bridgehead atoms. The highest BCUT2D eigenvalue weighted by Crippen LogP contribution is 2.39. The maximum absolute atomic E-state index is 6.07. The molecule has 0 aliphatic carbocycles. The number of oxazole rings is 2. The lowest BCUT2D eigenvalue weighted by Crippen LogP contribution is -2.00. The van der Waals surface area contributed by atoms with Crippen LogP contribution >= 0.6 is 22.7 Å². The number of para-hydroxylation sites is 6. The van der Waals surface area contributed by atoms with Gasteiger partial charge >= 0.3 is 0 Å². The Kier molecular flexibility index (Phi) is 8.00. The van der Waals surface area contributed by atoms with E-state index in [1.165, 1.54) is 0 Å². The molecule has 0 radical (unpaired) electrons. The molecule has 0 saturated heterocycles. The van der Waals surface area contributed by atoms with Crippen LogP contribution in [-0.4, -0.2) is 34.9 Å². The van der Waals surface area contributed by atoms with E-state index in [2.05, 4.69) is 30.3 Å². The first-order chi connectivity index (χ1) is 29.6. The molecule has 0 atom stereocenters. The summed E-state index contributed by atoms with van der Waals surface area (Å²) in [6, 6.07) is 54.2. The molecule has 0 aliphatic heterocycles. The van der Waals surface area contributed by atoms with Crippen molar-refractivity contribution in [1.82, 2.24) is 34.9 Å². The number of hydrogen-bond acceptors (Lipinski definition) is 11. The van der Waals surface area contributed by atoms with Gasteiger partial charge in [-0.25, -0.2) is 34.9 Å². The van der Waals surface area contributed by atoms with Gasteiger partial charge in [0, 0.05) is 38.9 Å². The van der Waals surface area contributed by atoms with E-state index < -0.39 is 0 Å². The van der Waals surface area contributed by atoms with Gasteiger partial charge in [-0.15, -0.1) is 22.7 Å². The van der Waals surface area contributed by atoms with Crippen molar-refractivity contribution in [3.05, 3.63) is 164 Å². The Morgan fingerprint density at radius 2 is 0.667 bits per heavy atom. The molecule has 0 fully saturated rings. The van der Waals surface area contributed by atoms with Gasteiger partial charge in [0.1, 0.15) is 21.0 Å². The summed E-state index contributed by atoms with van der Waals surface area (Å²) in [5.74, 6) is 2.66. The van der Waals surface area contributed by atoms with Crippen LogP contribution in [0.4, 0.5) is 0 Å². The SMILES string of the molecule is c1ccc2oc(-c3ccc(-c4nc(-c5ccc(-c6nc7ccccc7o6)cc5)nc(-c5cc(-c6nc7ccccc7s6)cc(-c6nc7ccccc7s6)c5)n4)cc3)nc2c1. The summed E-state index contributed by atoms with van der Waals surface area (Å²) in [5, 5.41) is 1.80. The van der Waals surface area contributed by atoms with Crippen molar-refractivity contribution in [3.63, 3.8) is 0 Å². The van der Waals surface area contributed by atoms with Crippen LogP contribution in [0, 0.1) is 0 Å². The average Bonchev–Trinajstić information content (AvgIpc) is 4.13. The topological polar surface area (TPSA) is 117 Å². The van der Waals surface area contributed by atoms with Crippen molar-refractivity contribution in [3.8, 4) is 78.2 Å². The number of hydrogen-bond donors (Lipinski definition) is 0. The van der Waals surface area contributed by atoms with Crippen LogP contribution in [0.3, 0.4) is 0 Å². The molecule has 0 spiro atoms. The highest BCUT2D eigenvalue weighted by Gasteiger charge is 2.19. The Labute approximate surface area is 349 Å². The van der Waals surface area contributed by atoms with Crippen LogP contribution in [0.2, 0.25) is 0 Å². The molecule has 12 rings (SSSR count). The minimum atomic E-state index is 0.520. The van der Waals surface area contributed by atoms with Gasteiger partial charge in [0.2, 0.25) is 11.8 Å². The van der Waals surface area contributed by atoms with Gasteiger partial charge < -0.3 is 8.83 Å². The summed E-state index contributed by atoms with van der Waals surface area (Å²) in [5.41, 5.74) is 11.1. The number of fused-ring (bicyclic) bond motifs is 4. The fraction of sp³-hybridized carbons (Fsp3) is 0. The van der Waals surface area contributed by atoms with Gasteiger partial charge in [0.25, 0.3) is 0 Å². The normalized spacial score (nSPS) is 11.7. The molecule has 0 unspecified atom stereocenters. The first kappa shape index (κ1) is 34.3. The Morgan fingerprint density at radius 1 is 0.300 bits per heavy atom. The molecule has 0 aliphatic rings. The second kappa shape index (κ2) is 14.0. The van der Waals surface area contributed by atoms with Crippen LogP contribution in [0.1, 0.15) is 0 Å². The molecule has 11 heteroatoms. The van der Waals surface area contributed by atoms with Crippen LogP contribution in [0.25, 0.3) is 121 Å². The molecule has 5 heterocycles. The zero-order chi connectivity index (χ0) is 39.6. The van der Waals surface area contributed by atoms with Crippen molar-refractivity contribution >= 4 is 65.3 Å². The quantitative estimate of drug-likeness (QED) is 0.155. The van der Waals surface area contributed by atoms with E-state index in [-0.39, 0.29) is 0 Å². The summed E-state index contributed by atoms with van der Waals surface area (Å²) >= 11 is 3.32. The summed E-state index contributed by atoms with van der Waals surface area (Å²) in [6.45, 7) is 0. The van der Waals surface area contributed by atoms with E-state index >= 15 is 0 Å². The molecular weight excluding hydrogens is 783 g/mol. The van der Waals surface area contributed by atoms with Gasteiger partial charge in [-0.05, 0) is 91.0 Å². The zero-order valence-electron chi connectivity index (χ0n) is 31.4. The number of thiazole rings is 2. The third-order valence-electron chi connectivity index (χ3n) is 10.3. The Bertz CT molecular complexity index is 3210. The maximum Gasteiger partial charge on any atom is 0.227 e. The zero-order valence-corrected chi connectivity index (χ0v) is 33.0. The van der Waals surface area contributed by atoms with E-state index in [1.807, 2.05) is 133 Å². The number of benzene rings is 7. The Hall–Kier alpha value is -7.73. The van der Waals surface area contributed by atoms with Gasteiger partial charge in [0.05, 0.1) is 20.4 Å². The van der Waals surface area contributed by atoms with Gasteiger partial charge in [-0.3, -0.25) is 0 Å². The fourth-order valence-electron chi connectivity index (χ4n) is 7.27. The summed E-state index contributed by atoms with van der Waals surface area (Å²) < 4.78 is 14.4. The molecule has 282 valence electrons. The lowest BCUT2D eigenvalue weighted by molar-refractivity contribution is 0.619. The second-order valence-electron chi connectivity index (χ2n) is 14.2. The largest absolute Gasteiger partial charge is 0.436 e. The molecule has 60 heavy (non-hydrogen) atoms. The average molecular weight is 810 g/mol. The molecule has 7 aromatic carbocycles. The van der Waals surface area contributed by atoms with Crippen molar-refractivity contribution in [2.75, 3.05) is 0 Å². The lowest BCUT2D eigenvalue weighted by Gasteiger charge is -2.11. The monoisotopic (exact) mass is 809 g/mol. The predicted molar refractivity (Wildman–Crippen MR) is 239 cm³/mol. The third kappa shape index (κ3) is 6.20. The maximum atomic E-state index is 6.07. The van der Waals surface area contributed by atoms with E-state index in [9.17, 15) is 0 Å². The van der Waals surface area contributed by atoms with Crippen LogP contribution < -0.4 is 0 Å². The minimum Gasteiger partial charge on any atom is -0.436 e. The van der Waals surface area contributed by atoms with Crippen molar-refractivity contribution in [1.29, 1.82) is 0 Å². The molecule has 0 saturated carbocycles. The number of aromatic nitrogens is 7. The smallest absolute Gasteiger partial charge is 0.227 e.